The fourth-order valence-electron chi connectivity index (χ4n) is 3.00. The molecule has 1 aromatic carbocycles. The van der Waals surface area contributed by atoms with E-state index in [4.69, 9.17) is 11.6 Å². The molecule has 3 rings (SSSR count). The van der Waals surface area contributed by atoms with Gasteiger partial charge in [0.25, 0.3) is 5.91 Å². The molecule has 96 valence electrons. The molecule has 1 amide bonds. The van der Waals surface area contributed by atoms with E-state index in [0.717, 1.165) is 31.7 Å². The van der Waals surface area contributed by atoms with Crippen LogP contribution >= 0.6 is 11.6 Å². The minimum Gasteiger partial charge on any atom is -0.338 e. The van der Waals surface area contributed by atoms with E-state index in [9.17, 15) is 4.79 Å². The topological polar surface area (TPSA) is 32.3 Å². The predicted octanol–water partition coefficient (Wildman–Crippen LogP) is 1.94. The molecule has 4 heteroatoms. The van der Waals surface area contributed by atoms with Gasteiger partial charge in [-0.05, 0) is 30.4 Å². The normalized spacial score (nSPS) is 26.4. The predicted molar refractivity (Wildman–Crippen MR) is 71.9 cm³/mol. The maximum absolute atomic E-state index is 12.5. The van der Waals surface area contributed by atoms with Gasteiger partial charge < -0.3 is 10.2 Å². The zero-order valence-electron chi connectivity index (χ0n) is 10.4. The highest BCUT2D eigenvalue weighted by Crippen LogP contribution is 2.29. The molecule has 0 bridgehead atoms. The molecule has 2 aliphatic rings. The Hall–Kier alpha value is -1.06. The first-order valence-electron chi connectivity index (χ1n) is 6.42. The van der Waals surface area contributed by atoms with E-state index in [1.165, 1.54) is 0 Å². The number of likely N-dealkylation sites (tertiary alicyclic amines) is 1. The Bertz CT molecular complexity index is 477. The lowest BCUT2D eigenvalue weighted by Gasteiger charge is -2.18. The summed E-state index contributed by atoms with van der Waals surface area (Å²) in [5.74, 6) is 1.33. The highest BCUT2D eigenvalue weighted by Gasteiger charge is 2.38. The summed E-state index contributed by atoms with van der Waals surface area (Å²) in [6, 6.07) is 5.65. The number of hydrogen-bond acceptors (Lipinski definition) is 2. The average Bonchev–Trinajstić information content (AvgIpc) is 2.92. The number of nitrogens with zero attached hydrogens (tertiary/aromatic N) is 1. The number of nitrogens with one attached hydrogen (secondary N) is 1. The van der Waals surface area contributed by atoms with Crippen LogP contribution in [0.15, 0.2) is 18.2 Å². The maximum atomic E-state index is 12.5. The number of fused-ring (bicyclic) bond motifs is 1. The molecule has 2 aliphatic heterocycles. The van der Waals surface area contributed by atoms with Crippen molar-refractivity contribution in [3.8, 4) is 0 Å². The lowest BCUT2D eigenvalue weighted by Crippen LogP contribution is -2.32. The minimum atomic E-state index is 0.0816. The molecule has 3 nitrogen and oxygen atoms in total. The summed E-state index contributed by atoms with van der Waals surface area (Å²) in [5.41, 5.74) is 1.60. The molecule has 2 fully saturated rings. The minimum absolute atomic E-state index is 0.0816. The molecule has 1 N–H and O–H groups in total. The van der Waals surface area contributed by atoms with Crippen molar-refractivity contribution in [3.05, 3.63) is 34.3 Å². The molecule has 2 heterocycles. The van der Waals surface area contributed by atoms with Crippen LogP contribution in [0, 0.1) is 18.8 Å². The number of rotatable bonds is 1. The van der Waals surface area contributed by atoms with E-state index < -0.39 is 0 Å². The second kappa shape index (κ2) is 4.56. The van der Waals surface area contributed by atoms with E-state index in [2.05, 4.69) is 5.32 Å². The summed E-state index contributed by atoms with van der Waals surface area (Å²) in [5, 5.41) is 3.98. The van der Waals surface area contributed by atoms with Crippen molar-refractivity contribution in [2.75, 3.05) is 26.2 Å². The summed E-state index contributed by atoms with van der Waals surface area (Å²) in [4.78, 5) is 14.4. The van der Waals surface area contributed by atoms with Gasteiger partial charge in [-0.3, -0.25) is 4.79 Å². The number of benzene rings is 1. The second-order valence-electron chi connectivity index (χ2n) is 5.32. The van der Waals surface area contributed by atoms with Gasteiger partial charge in [-0.25, -0.2) is 0 Å². The first-order valence-corrected chi connectivity index (χ1v) is 6.79. The van der Waals surface area contributed by atoms with E-state index in [-0.39, 0.29) is 5.91 Å². The zero-order chi connectivity index (χ0) is 12.7. The van der Waals surface area contributed by atoms with E-state index in [1.54, 1.807) is 0 Å². The van der Waals surface area contributed by atoms with Crippen LogP contribution in [0.5, 0.6) is 0 Å². The Labute approximate surface area is 112 Å². The quantitative estimate of drug-likeness (QED) is 0.841. The lowest BCUT2D eigenvalue weighted by atomic mass is 10.0. The number of carbonyl (C=O) groups excluding carboxylic acids is 1. The fourth-order valence-corrected chi connectivity index (χ4v) is 3.21. The zero-order valence-corrected chi connectivity index (χ0v) is 11.2. The molecule has 2 atom stereocenters. The number of carbonyl (C=O) groups is 1. The maximum Gasteiger partial charge on any atom is 0.255 e. The second-order valence-corrected chi connectivity index (χ2v) is 5.70. The van der Waals surface area contributed by atoms with Crippen molar-refractivity contribution < 1.29 is 4.79 Å². The van der Waals surface area contributed by atoms with Crippen LogP contribution in [0.4, 0.5) is 0 Å². The smallest absolute Gasteiger partial charge is 0.255 e. The Morgan fingerprint density at radius 2 is 2.00 bits per heavy atom. The van der Waals surface area contributed by atoms with Crippen LogP contribution in [0.1, 0.15) is 15.9 Å². The van der Waals surface area contributed by atoms with Crippen molar-refractivity contribution in [3.63, 3.8) is 0 Å². The summed E-state index contributed by atoms with van der Waals surface area (Å²) in [7, 11) is 0. The lowest BCUT2D eigenvalue weighted by molar-refractivity contribution is 0.0782. The van der Waals surface area contributed by atoms with Crippen LogP contribution in [0.2, 0.25) is 5.02 Å². The molecule has 0 spiro atoms. The highest BCUT2D eigenvalue weighted by atomic mass is 35.5. The third-order valence-corrected chi connectivity index (χ3v) is 4.60. The van der Waals surface area contributed by atoms with Crippen LogP contribution in [-0.2, 0) is 0 Å². The fraction of sp³-hybridized carbons (Fsp3) is 0.500. The van der Waals surface area contributed by atoms with Gasteiger partial charge in [-0.1, -0.05) is 23.7 Å². The van der Waals surface area contributed by atoms with Crippen LogP contribution in [-0.4, -0.2) is 37.0 Å². The average molecular weight is 265 g/mol. The molecular formula is C14H17ClN2O. The van der Waals surface area contributed by atoms with Gasteiger partial charge in [0.2, 0.25) is 0 Å². The van der Waals surface area contributed by atoms with Crippen LogP contribution < -0.4 is 5.32 Å². The van der Waals surface area contributed by atoms with Gasteiger partial charge in [-0.2, -0.15) is 0 Å². The third-order valence-electron chi connectivity index (χ3n) is 4.10. The number of halogens is 1. The van der Waals surface area contributed by atoms with E-state index >= 15 is 0 Å². The van der Waals surface area contributed by atoms with Crippen molar-refractivity contribution >= 4 is 17.5 Å². The largest absolute Gasteiger partial charge is 0.338 e. The van der Waals surface area contributed by atoms with Gasteiger partial charge in [0.1, 0.15) is 0 Å². The third kappa shape index (κ3) is 1.91. The Morgan fingerprint density at radius 1 is 1.33 bits per heavy atom. The number of aryl methyl sites for hydroxylation is 1. The van der Waals surface area contributed by atoms with Crippen molar-refractivity contribution in [2.24, 2.45) is 11.8 Å². The van der Waals surface area contributed by atoms with E-state index in [0.29, 0.717) is 22.4 Å². The van der Waals surface area contributed by atoms with Crippen molar-refractivity contribution in [1.82, 2.24) is 10.2 Å². The molecule has 0 radical (unpaired) electrons. The van der Waals surface area contributed by atoms with Crippen LogP contribution in [0.25, 0.3) is 0 Å². The van der Waals surface area contributed by atoms with E-state index in [1.807, 2.05) is 30.0 Å². The van der Waals surface area contributed by atoms with Gasteiger partial charge in [0, 0.05) is 26.2 Å². The summed E-state index contributed by atoms with van der Waals surface area (Å²) in [6.07, 6.45) is 0. The molecule has 2 saturated heterocycles. The molecule has 1 aromatic rings. The van der Waals surface area contributed by atoms with Crippen molar-refractivity contribution in [1.29, 1.82) is 0 Å². The van der Waals surface area contributed by atoms with Gasteiger partial charge in [-0.15, -0.1) is 0 Å². The van der Waals surface area contributed by atoms with Gasteiger partial charge in [0.15, 0.2) is 0 Å². The summed E-state index contributed by atoms with van der Waals surface area (Å²) >= 11 is 6.23. The molecule has 18 heavy (non-hydrogen) atoms. The first-order chi connectivity index (χ1) is 8.66. The monoisotopic (exact) mass is 264 g/mol. The summed E-state index contributed by atoms with van der Waals surface area (Å²) < 4.78 is 0. The Morgan fingerprint density at radius 3 is 2.67 bits per heavy atom. The molecule has 0 aromatic heterocycles. The molecule has 0 saturated carbocycles. The molecular weight excluding hydrogens is 248 g/mol. The number of hydrogen-bond donors (Lipinski definition) is 1. The van der Waals surface area contributed by atoms with Gasteiger partial charge in [0.05, 0.1) is 10.6 Å². The number of amides is 1. The van der Waals surface area contributed by atoms with Crippen molar-refractivity contribution in [2.45, 2.75) is 6.92 Å². The highest BCUT2D eigenvalue weighted by molar-refractivity contribution is 6.34. The van der Waals surface area contributed by atoms with Crippen LogP contribution in [0.3, 0.4) is 0 Å². The summed E-state index contributed by atoms with van der Waals surface area (Å²) in [6.45, 7) is 5.73. The molecule has 0 unspecified atom stereocenters. The SMILES string of the molecule is Cc1cccc(C(=O)N2C[C@H]3CNC[C@H]3C2)c1Cl. The first kappa shape index (κ1) is 12.0. The standard InChI is InChI=1S/C14H17ClN2O/c1-9-3-2-4-12(13(9)15)14(18)17-7-10-5-16-6-11(10)8-17/h2-4,10-11,16H,5-8H2,1H3/t10-,11+. The Kier molecular flexibility index (Phi) is 3.04. The Balaban J connectivity index is 1.81. The van der Waals surface area contributed by atoms with Gasteiger partial charge >= 0.3 is 0 Å². The molecule has 0 aliphatic carbocycles.